The lowest BCUT2D eigenvalue weighted by molar-refractivity contribution is -0.133. The number of hydrogen-bond donors (Lipinski definition) is 1. The zero-order valence-electron chi connectivity index (χ0n) is 15.9. The van der Waals surface area contributed by atoms with Crippen LogP contribution in [0.2, 0.25) is 0 Å². The number of benzene rings is 1. The molecule has 2 aromatic rings. The summed E-state index contributed by atoms with van der Waals surface area (Å²) in [6.45, 7) is 3.59. The van der Waals surface area contributed by atoms with Gasteiger partial charge in [-0.05, 0) is 44.1 Å². The van der Waals surface area contributed by atoms with Crippen LogP contribution in [0.15, 0.2) is 28.7 Å². The highest BCUT2D eigenvalue weighted by molar-refractivity contribution is 5.83. The lowest BCUT2D eigenvalue weighted by atomic mass is 9.93. The van der Waals surface area contributed by atoms with E-state index in [2.05, 4.69) is 21.6 Å². The van der Waals surface area contributed by atoms with Gasteiger partial charge in [-0.15, -0.1) is 5.10 Å². The van der Waals surface area contributed by atoms with Gasteiger partial charge in [-0.25, -0.2) is 0 Å². The monoisotopic (exact) mass is 380 g/mol. The van der Waals surface area contributed by atoms with Gasteiger partial charge in [-0.2, -0.15) is 0 Å². The average molecular weight is 380 g/mol. The fourth-order valence-electron chi connectivity index (χ4n) is 4.93. The summed E-state index contributed by atoms with van der Waals surface area (Å²) in [5.41, 5.74) is 1.78. The summed E-state index contributed by atoms with van der Waals surface area (Å²) in [4.78, 5) is 14.7. The van der Waals surface area contributed by atoms with Gasteiger partial charge in [0.15, 0.2) is 0 Å². The van der Waals surface area contributed by atoms with Gasteiger partial charge in [-0.1, -0.05) is 23.3 Å². The number of carbonyl (C=O) groups is 1. The second-order valence-corrected chi connectivity index (χ2v) is 8.81. The van der Waals surface area contributed by atoms with Crippen LogP contribution in [0.25, 0.3) is 0 Å². The summed E-state index contributed by atoms with van der Waals surface area (Å²) in [5, 5.41) is 11.4. The molecular weight excluding hydrogens is 356 g/mol. The highest BCUT2D eigenvalue weighted by Crippen LogP contribution is 2.62. The highest BCUT2D eigenvalue weighted by atomic mass is 16.5. The van der Waals surface area contributed by atoms with E-state index < -0.39 is 0 Å². The van der Waals surface area contributed by atoms with Crippen LogP contribution in [-0.2, 0) is 4.79 Å². The van der Waals surface area contributed by atoms with Gasteiger partial charge >= 0.3 is 6.01 Å². The van der Waals surface area contributed by atoms with Gasteiger partial charge in [-0.3, -0.25) is 4.79 Å². The number of ether oxygens (including phenoxy) is 1. The molecule has 1 aromatic carbocycles. The van der Waals surface area contributed by atoms with Crippen molar-refractivity contribution >= 4 is 11.9 Å². The summed E-state index contributed by atoms with van der Waals surface area (Å²) >= 11 is 0. The first-order valence-corrected chi connectivity index (χ1v) is 10.3. The summed E-state index contributed by atoms with van der Waals surface area (Å²) in [6.07, 6.45) is 5.05. The van der Waals surface area contributed by atoms with E-state index in [0.717, 1.165) is 31.7 Å². The molecule has 4 aliphatic rings. The molecule has 2 aliphatic carbocycles. The Balaban J connectivity index is 1.09. The van der Waals surface area contributed by atoms with E-state index in [1.54, 1.807) is 0 Å². The quantitative estimate of drug-likeness (QED) is 0.878. The molecule has 28 heavy (non-hydrogen) atoms. The molecule has 3 heterocycles. The number of fused-ring (bicyclic) bond motifs is 3. The van der Waals surface area contributed by atoms with Crippen LogP contribution in [-0.4, -0.2) is 46.2 Å². The number of likely N-dealkylation sites (tertiary alicyclic amines) is 1. The van der Waals surface area contributed by atoms with Gasteiger partial charge in [0.1, 0.15) is 17.9 Å². The molecule has 1 N–H and O–H groups in total. The maximum absolute atomic E-state index is 12.7. The maximum atomic E-state index is 12.7. The Hall–Kier alpha value is -2.57. The van der Waals surface area contributed by atoms with Crippen LogP contribution in [0.1, 0.15) is 55.9 Å². The first-order chi connectivity index (χ1) is 13.6. The molecule has 1 aromatic heterocycles. The molecule has 2 aliphatic heterocycles. The first kappa shape index (κ1) is 16.4. The molecule has 1 spiro atoms. The molecule has 0 radical (unpaired) electrons. The number of rotatable bonds is 4. The van der Waals surface area contributed by atoms with E-state index in [9.17, 15) is 4.79 Å². The van der Waals surface area contributed by atoms with Gasteiger partial charge in [0.05, 0.1) is 5.92 Å². The van der Waals surface area contributed by atoms with Crippen LogP contribution >= 0.6 is 0 Å². The maximum Gasteiger partial charge on any atom is 0.316 e. The largest absolute Gasteiger partial charge is 0.489 e. The van der Waals surface area contributed by atoms with E-state index in [4.69, 9.17) is 9.15 Å². The first-order valence-electron chi connectivity index (χ1n) is 10.3. The second kappa shape index (κ2) is 5.72. The molecule has 1 unspecified atom stereocenters. The molecule has 0 bridgehead atoms. The van der Waals surface area contributed by atoms with Crippen molar-refractivity contribution in [3.63, 3.8) is 0 Å². The standard InChI is InChI=1S/C21H24N4O3/c1-12(19(26)25-10-8-21(6-7-21)9-11-25)22-20-24-23-18(28-20)16-15-13-4-2-3-5-14(13)27-17(15)16/h2-5,12,15-17H,6-11H2,1H3,(H,22,24)/t12-,15+,16-,17?/m1/s1. The summed E-state index contributed by atoms with van der Waals surface area (Å²) in [5.74, 6) is 2.06. The predicted molar refractivity (Wildman–Crippen MR) is 101 cm³/mol. The van der Waals surface area contributed by atoms with Crippen LogP contribution in [0, 0.1) is 5.41 Å². The third-order valence-corrected chi connectivity index (χ3v) is 7.02. The molecular formula is C21H24N4O3. The van der Waals surface area contributed by atoms with E-state index in [1.807, 2.05) is 30.0 Å². The molecule has 4 atom stereocenters. The molecule has 6 rings (SSSR count). The lowest BCUT2D eigenvalue weighted by Gasteiger charge is -2.33. The van der Waals surface area contributed by atoms with Crippen molar-refractivity contribution < 1.29 is 13.9 Å². The fraction of sp³-hybridized carbons (Fsp3) is 0.571. The lowest BCUT2D eigenvalue weighted by Crippen LogP contribution is -2.45. The minimum absolute atomic E-state index is 0.0906. The fourth-order valence-corrected chi connectivity index (χ4v) is 4.93. The van der Waals surface area contributed by atoms with Crippen molar-refractivity contribution in [3.8, 4) is 5.75 Å². The third kappa shape index (κ3) is 2.52. The van der Waals surface area contributed by atoms with Crippen LogP contribution in [0.5, 0.6) is 5.75 Å². The van der Waals surface area contributed by atoms with Gasteiger partial charge in [0.25, 0.3) is 0 Å². The number of aromatic nitrogens is 2. The molecule has 3 fully saturated rings. The number of nitrogens with one attached hydrogen (secondary N) is 1. The molecule has 1 amide bonds. The number of piperidine rings is 1. The zero-order chi connectivity index (χ0) is 18.9. The highest BCUT2D eigenvalue weighted by Gasteiger charge is 2.62. The number of anilines is 1. The Morgan fingerprint density at radius 3 is 2.75 bits per heavy atom. The average Bonchev–Trinajstić information content (AvgIpc) is 3.52. The van der Waals surface area contributed by atoms with Gasteiger partial charge < -0.3 is 19.4 Å². The Bertz CT molecular complexity index is 927. The molecule has 7 nitrogen and oxygen atoms in total. The van der Waals surface area contributed by atoms with Crippen molar-refractivity contribution in [1.29, 1.82) is 0 Å². The SMILES string of the molecule is C[C@@H](Nc1nnc([C@H]2C3Oc4ccccc4[C@H]32)o1)C(=O)N1CCC2(CC1)CC2. The van der Waals surface area contributed by atoms with Gasteiger partial charge in [0, 0.05) is 24.6 Å². The third-order valence-electron chi connectivity index (χ3n) is 7.02. The summed E-state index contributed by atoms with van der Waals surface area (Å²) in [6, 6.07) is 8.04. The van der Waals surface area contributed by atoms with Gasteiger partial charge in [0.2, 0.25) is 11.8 Å². The van der Waals surface area contributed by atoms with Crippen molar-refractivity contribution in [1.82, 2.24) is 15.1 Å². The number of para-hydroxylation sites is 1. The Kier molecular flexibility index (Phi) is 3.35. The second-order valence-electron chi connectivity index (χ2n) is 8.81. The molecule has 7 heteroatoms. The number of amides is 1. The van der Waals surface area contributed by atoms with E-state index in [0.29, 0.717) is 23.2 Å². The Morgan fingerprint density at radius 2 is 1.96 bits per heavy atom. The van der Waals surface area contributed by atoms with E-state index in [1.165, 1.54) is 18.4 Å². The van der Waals surface area contributed by atoms with Crippen molar-refractivity contribution in [2.75, 3.05) is 18.4 Å². The summed E-state index contributed by atoms with van der Waals surface area (Å²) < 4.78 is 11.8. The van der Waals surface area contributed by atoms with Crippen molar-refractivity contribution in [2.45, 2.75) is 56.6 Å². The zero-order valence-corrected chi connectivity index (χ0v) is 15.9. The molecule has 2 saturated carbocycles. The predicted octanol–water partition coefficient (Wildman–Crippen LogP) is 2.91. The van der Waals surface area contributed by atoms with E-state index in [-0.39, 0.29) is 24.0 Å². The summed E-state index contributed by atoms with van der Waals surface area (Å²) in [7, 11) is 0. The Morgan fingerprint density at radius 1 is 1.18 bits per heavy atom. The number of hydrogen-bond acceptors (Lipinski definition) is 6. The number of carbonyl (C=O) groups excluding carboxylic acids is 1. The van der Waals surface area contributed by atoms with Crippen molar-refractivity contribution in [3.05, 3.63) is 35.7 Å². The Labute approximate surface area is 163 Å². The minimum Gasteiger partial charge on any atom is -0.489 e. The minimum atomic E-state index is -0.378. The van der Waals surface area contributed by atoms with Crippen LogP contribution in [0.4, 0.5) is 6.01 Å². The normalized spacial score (nSPS) is 29.6. The molecule has 146 valence electrons. The van der Waals surface area contributed by atoms with Crippen molar-refractivity contribution in [2.24, 2.45) is 5.41 Å². The van der Waals surface area contributed by atoms with E-state index >= 15 is 0 Å². The topological polar surface area (TPSA) is 80.5 Å². The van der Waals surface area contributed by atoms with Crippen LogP contribution in [0.3, 0.4) is 0 Å². The molecule has 1 saturated heterocycles. The van der Waals surface area contributed by atoms with Crippen LogP contribution < -0.4 is 10.1 Å². The number of nitrogens with zero attached hydrogens (tertiary/aromatic N) is 3. The smallest absolute Gasteiger partial charge is 0.316 e.